The van der Waals surface area contributed by atoms with Crippen LogP contribution in [-0.2, 0) is 25.5 Å². The van der Waals surface area contributed by atoms with E-state index in [0.29, 0.717) is 13.2 Å². The van der Waals surface area contributed by atoms with E-state index in [9.17, 15) is 9.59 Å². The normalized spacial score (nSPS) is 10.6. The Bertz CT molecular complexity index is 465. The number of carbonyl (C=O) groups is 2. The van der Waals surface area contributed by atoms with Crippen LogP contribution in [0.1, 0.15) is 38.2 Å². The molecule has 1 aromatic rings. The summed E-state index contributed by atoms with van der Waals surface area (Å²) in [6.45, 7) is 2.81. The zero-order chi connectivity index (χ0) is 16.0. The molecule has 1 aromatic carbocycles. The summed E-state index contributed by atoms with van der Waals surface area (Å²) in [6.07, 6.45) is 6.79. The molecule has 0 aromatic heterocycles. The van der Waals surface area contributed by atoms with Crippen LogP contribution in [0.2, 0.25) is 0 Å². The third-order valence-electron chi connectivity index (χ3n) is 3.04. The van der Waals surface area contributed by atoms with Crippen LogP contribution in [0.3, 0.4) is 0 Å². The molecule has 0 amide bonds. The van der Waals surface area contributed by atoms with Gasteiger partial charge in [0.15, 0.2) is 0 Å². The molecule has 0 bridgehead atoms. The van der Waals surface area contributed by atoms with Gasteiger partial charge in [-0.2, -0.15) is 0 Å². The van der Waals surface area contributed by atoms with Gasteiger partial charge < -0.3 is 9.47 Å². The standard InChI is InChI=1S/C18H24O4/c1-2-3-7-14-21-17(19)12-13-18(20)22-15-8-11-16-9-5-4-6-10-16/h4-6,9-10,12-13H,2-3,7-8,11,14-15H2,1H3/b13-12+. The zero-order valence-corrected chi connectivity index (χ0v) is 13.1. The molecule has 0 heterocycles. The van der Waals surface area contributed by atoms with Gasteiger partial charge in [-0.1, -0.05) is 50.1 Å². The number of aryl methyl sites for hydroxylation is 1. The zero-order valence-electron chi connectivity index (χ0n) is 13.1. The monoisotopic (exact) mass is 304 g/mol. The highest BCUT2D eigenvalue weighted by Gasteiger charge is 2.01. The molecular weight excluding hydrogens is 280 g/mol. The molecule has 120 valence electrons. The van der Waals surface area contributed by atoms with E-state index in [2.05, 4.69) is 6.92 Å². The lowest BCUT2D eigenvalue weighted by molar-refractivity contribution is -0.140. The molecule has 0 spiro atoms. The van der Waals surface area contributed by atoms with Gasteiger partial charge in [0.1, 0.15) is 0 Å². The number of hydrogen-bond acceptors (Lipinski definition) is 4. The SMILES string of the molecule is CCCCCOC(=O)/C=C/C(=O)OCCCc1ccccc1. The van der Waals surface area contributed by atoms with E-state index in [1.807, 2.05) is 30.3 Å². The topological polar surface area (TPSA) is 52.6 Å². The van der Waals surface area contributed by atoms with E-state index in [-0.39, 0.29) is 0 Å². The van der Waals surface area contributed by atoms with Crippen LogP contribution in [0, 0.1) is 0 Å². The molecule has 0 saturated carbocycles. The number of ether oxygens (including phenoxy) is 2. The minimum absolute atomic E-state index is 0.337. The van der Waals surface area contributed by atoms with Crippen molar-refractivity contribution >= 4 is 11.9 Å². The van der Waals surface area contributed by atoms with E-state index in [4.69, 9.17) is 9.47 Å². The quantitative estimate of drug-likeness (QED) is 0.377. The second-order valence-electron chi connectivity index (χ2n) is 4.96. The van der Waals surface area contributed by atoms with Crippen LogP contribution in [-0.4, -0.2) is 25.2 Å². The third kappa shape index (κ3) is 8.95. The summed E-state index contributed by atoms with van der Waals surface area (Å²) < 4.78 is 9.97. The number of esters is 2. The van der Waals surface area contributed by atoms with Crippen molar-refractivity contribution in [3.63, 3.8) is 0 Å². The highest BCUT2D eigenvalue weighted by atomic mass is 16.5. The molecule has 0 radical (unpaired) electrons. The fourth-order valence-corrected chi connectivity index (χ4v) is 1.85. The molecule has 0 aliphatic carbocycles. The lowest BCUT2D eigenvalue weighted by Gasteiger charge is -2.03. The van der Waals surface area contributed by atoms with Gasteiger partial charge in [-0.05, 0) is 24.8 Å². The molecule has 0 aliphatic heterocycles. The minimum Gasteiger partial charge on any atom is -0.463 e. The van der Waals surface area contributed by atoms with Crippen molar-refractivity contribution < 1.29 is 19.1 Å². The summed E-state index contributed by atoms with van der Waals surface area (Å²) in [5.74, 6) is -1.02. The Kier molecular flexibility index (Phi) is 9.42. The molecule has 0 unspecified atom stereocenters. The summed E-state index contributed by atoms with van der Waals surface area (Å²) in [5, 5.41) is 0. The average molecular weight is 304 g/mol. The molecule has 1 rings (SSSR count). The Morgan fingerprint density at radius 1 is 0.909 bits per heavy atom. The molecule has 22 heavy (non-hydrogen) atoms. The van der Waals surface area contributed by atoms with Gasteiger partial charge in [-0.25, -0.2) is 9.59 Å². The molecule has 0 aliphatic rings. The molecule has 4 nitrogen and oxygen atoms in total. The lowest BCUT2D eigenvalue weighted by atomic mass is 10.1. The number of rotatable bonds is 10. The van der Waals surface area contributed by atoms with Crippen molar-refractivity contribution in [3.8, 4) is 0 Å². The maximum absolute atomic E-state index is 11.4. The fourth-order valence-electron chi connectivity index (χ4n) is 1.85. The summed E-state index contributed by atoms with van der Waals surface area (Å²) in [6, 6.07) is 10.0. The number of benzene rings is 1. The first kappa shape index (κ1) is 18.0. The summed E-state index contributed by atoms with van der Waals surface area (Å²) >= 11 is 0. The molecule has 4 heteroatoms. The van der Waals surface area contributed by atoms with Crippen LogP contribution >= 0.6 is 0 Å². The van der Waals surface area contributed by atoms with E-state index < -0.39 is 11.9 Å². The average Bonchev–Trinajstić information content (AvgIpc) is 2.55. The van der Waals surface area contributed by atoms with Gasteiger partial charge in [0.05, 0.1) is 13.2 Å². The predicted octanol–water partition coefficient (Wildman–Crippen LogP) is 3.45. The Hall–Kier alpha value is -2.10. The van der Waals surface area contributed by atoms with Crippen molar-refractivity contribution in [2.45, 2.75) is 39.0 Å². The van der Waals surface area contributed by atoms with Gasteiger partial charge in [0.25, 0.3) is 0 Å². The van der Waals surface area contributed by atoms with Gasteiger partial charge >= 0.3 is 11.9 Å². The molecule has 0 fully saturated rings. The molecule has 0 atom stereocenters. The number of hydrogen-bond donors (Lipinski definition) is 0. The smallest absolute Gasteiger partial charge is 0.331 e. The molecular formula is C18H24O4. The van der Waals surface area contributed by atoms with Crippen LogP contribution in [0.15, 0.2) is 42.5 Å². The van der Waals surface area contributed by atoms with Crippen molar-refractivity contribution in [2.24, 2.45) is 0 Å². The van der Waals surface area contributed by atoms with E-state index in [0.717, 1.165) is 44.3 Å². The molecule has 0 N–H and O–H groups in total. The number of carbonyl (C=O) groups excluding carboxylic acids is 2. The largest absolute Gasteiger partial charge is 0.463 e. The summed E-state index contributed by atoms with van der Waals surface area (Å²) in [5.41, 5.74) is 1.21. The lowest BCUT2D eigenvalue weighted by Crippen LogP contribution is -2.06. The highest BCUT2D eigenvalue weighted by Crippen LogP contribution is 2.02. The Balaban J connectivity index is 2.09. The fraction of sp³-hybridized carbons (Fsp3) is 0.444. The van der Waals surface area contributed by atoms with Gasteiger partial charge in [-0.3, -0.25) is 0 Å². The van der Waals surface area contributed by atoms with Crippen LogP contribution in [0.5, 0.6) is 0 Å². The first-order valence-electron chi connectivity index (χ1n) is 7.78. The maximum atomic E-state index is 11.4. The van der Waals surface area contributed by atoms with Crippen molar-refractivity contribution in [1.82, 2.24) is 0 Å². The van der Waals surface area contributed by atoms with Gasteiger partial charge in [0.2, 0.25) is 0 Å². The second-order valence-corrected chi connectivity index (χ2v) is 4.96. The van der Waals surface area contributed by atoms with E-state index in [1.165, 1.54) is 5.56 Å². The van der Waals surface area contributed by atoms with Gasteiger partial charge in [-0.15, -0.1) is 0 Å². The number of unbranched alkanes of at least 4 members (excludes halogenated alkanes) is 2. The Morgan fingerprint density at radius 2 is 1.50 bits per heavy atom. The molecule has 0 saturated heterocycles. The third-order valence-corrected chi connectivity index (χ3v) is 3.04. The summed E-state index contributed by atoms with van der Waals surface area (Å²) in [4.78, 5) is 22.7. The van der Waals surface area contributed by atoms with Gasteiger partial charge in [0, 0.05) is 12.2 Å². The van der Waals surface area contributed by atoms with Crippen LogP contribution in [0.25, 0.3) is 0 Å². The van der Waals surface area contributed by atoms with Crippen molar-refractivity contribution in [2.75, 3.05) is 13.2 Å². The minimum atomic E-state index is -0.515. The highest BCUT2D eigenvalue weighted by molar-refractivity contribution is 5.91. The predicted molar refractivity (Wildman–Crippen MR) is 85.3 cm³/mol. The summed E-state index contributed by atoms with van der Waals surface area (Å²) in [7, 11) is 0. The van der Waals surface area contributed by atoms with Crippen molar-refractivity contribution in [3.05, 3.63) is 48.0 Å². The Labute approximate surface area is 132 Å². The van der Waals surface area contributed by atoms with E-state index in [1.54, 1.807) is 0 Å². The maximum Gasteiger partial charge on any atom is 0.331 e. The van der Waals surface area contributed by atoms with E-state index >= 15 is 0 Å². The first-order valence-corrected chi connectivity index (χ1v) is 7.78. The van der Waals surface area contributed by atoms with Crippen LogP contribution in [0.4, 0.5) is 0 Å². The first-order chi connectivity index (χ1) is 10.7. The van der Waals surface area contributed by atoms with Crippen LogP contribution < -0.4 is 0 Å². The Morgan fingerprint density at radius 3 is 2.09 bits per heavy atom. The second kappa shape index (κ2) is 11.5. The van der Waals surface area contributed by atoms with Crippen molar-refractivity contribution in [1.29, 1.82) is 0 Å².